The molecule has 0 atom stereocenters. The lowest BCUT2D eigenvalue weighted by Gasteiger charge is -2.12. The molecule has 1 nitrogen and oxygen atoms in total. The molecule has 0 radical (unpaired) electrons. The molecule has 0 aromatic heterocycles. The van der Waals surface area contributed by atoms with Gasteiger partial charge >= 0.3 is 0 Å². The predicted octanol–water partition coefficient (Wildman–Crippen LogP) is 3.39. The van der Waals surface area contributed by atoms with Crippen LogP contribution in [0.15, 0.2) is 36.4 Å². The van der Waals surface area contributed by atoms with Gasteiger partial charge in [0.2, 0.25) is 0 Å². The lowest BCUT2D eigenvalue weighted by Crippen LogP contribution is -2.16. The van der Waals surface area contributed by atoms with Crippen LogP contribution in [0.4, 0.5) is 17.6 Å². The summed E-state index contributed by atoms with van der Waals surface area (Å²) in [5.74, 6) is -2.93. The number of halogens is 4. The van der Waals surface area contributed by atoms with Crippen molar-refractivity contribution in [2.75, 3.05) is 0 Å². The summed E-state index contributed by atoms with van der Waals surface area (Å²) in [5, 5.41) is 9.82. The van der Waals surface area contributed by atoms with Crippen LogP contribution in [0.25, 0.3) is 0 Å². The van der Waals surface area contributed by atoms with Crippen molar-refractivity contribution < 1.29 is 22.7 Å². The van der Waals surface area contributed by atoms with Crippen LogP contribution in [0.3, 0.4) is 0 Å². The van der Waals surface area contributed by atoms with Crippen LogP contribution in [0.2, 0.25) is 0 Å². The van der Waals surface area contributed by atoms with Crippen LogP contribution in [0.1, 0.15) is 11.1 Å². The third-order valence-corrected chi connectivity index (χ3v) is 2.94. The molecule has 2 aromatic carbocycles. The van der Waals surface area contributed by atoms with Gasteiger partial charge in [-0.15, -0.1) is 0 Å². The molecule has 0 fully saturated rings. The molecule has 0 amide bonds. The lowest BCUT2D eigenvalue weighted by molar-refractivity contribution is 0.172. The number of hydrogen-bond donors (Lipinski definition) is 1. The van der Waals surface area contributed by atoms with E-state index < -0.39 is 29.4 Å². The van der Waals surface area contributed by atoms with E-state index in [4.69, 9.17) is 0 Å². The molecule has 5 heteroatoms. The summed E-state index contributed by atoms with van der Waals surface area (Å²) >= 11 is 0. The van der Waals surface area contributed by atoms with E-state index in [0.717, 1.165) is 24.3 Å². The molecule has 2 aromatic rings. The second-order valence-corrected chi connectivity index (χ2v) is 4.53. The summed E-state index contributed by atoms with van der Waals surface area (Å²) in [6.45, 7) is 0. The molecule has 0 saturated heterocycles. The van der Waals surface area contributed by atoms with Gasteiger partial charge in [0.05, 0.1) is 6.10 Å². The van der Waals surface area contributed by atoms with E-state index in [1.54, 1.807) is 0 Å². The second-order valence-electron chi connectivity index (χ2n) is 4.53. The van der Waals surface area contributed by atoms with Crippen LogP contribution in [-0.4, -0.2) is 11.2 Å². The van der Waals surface area contributed by atoms with Crippen LogP contribution in [0, 0.1) is 23.3 Å². The molecular weight excluding hydrogens is 272 g/mol. The smallest absolute Gasteiger partial charge is 0.129 e. The quantitative estimate of drug-likeness (QED) is 0.853. The van der Waals surface area contributed by atoms with Crippen molar-refractivity contribution in [2.24, 2.45) is 0 Å². The Hall–Kier alpha value is -1.88. The average Bonchev–Trinajstić information content (AvgIpc) is 2.36. The lowest BCUT2D eigenvalue weighted by atomic mass is 10.0. The van der Waals surface area contributed by atoms with Crippen molar-refractivity contribution in [3.8, 4) is 0 Å². The number of hydrogen-bond acceptors (Lipinski definition) is 1. The standard InChI is InChI=1S/C15H12F4O/c16-11-3-1-9(14(18)7-11)5-13(20)6-10-2-4-12(17)8-15(10)19/h1-4,7-8,13,20H,5-6H2. The summed E-state index contributed by atoms with van der Waals surface area (Å²) in [7, 11) is 0. The normalized spacial score (nSPS) is 11.1. The highest BCUT2D eigenvalue weighted by Gasteiger charge is 2.13. The minimum Gasteiger partial charge on any atom is -0.392 e. The molecule has 0 aliphatic heterocycles. The van der Waals surface area contributed by atoms with Gasteiger partial charge in [0, 0.05) is 25.0 Å². The Kier molecular flexibility index (Phi) is 4.39. The fourth-order valence-electron chi connectivity index (χ4n) is 1.95. The minimum atomic E-state index is -1.05. The Morgan fingerprint density at radius 2 is 1.15 bits per heavy atom. The average molecular weight is 284 g/mol. The van der Waals surface area contributed by atoms with Crippen molar-refractivity contribution in [2.45, 2.75) is 18.9 Å². The van der Waals surface area contributed by atoms with Crippen molar-refractivity contribution in [1.82, 2.24) is 0 Å². The van der Waals surface area contributed by atoms with E-state index in [-0.39, 0.29) is 24.0 Å². The first-order valence-electron chi connectivity index (χ1n) is 6.01. The molecule has 0 aliphatic carbocycles. The Bertz CT molecular complexity index is 559. The van der Waals surface area contributed by atoms with Crippen LogP contribution in [-0.2, 0) is 12.8 Å². The van der Waals surface area contributed by atoms with E-state index in [9.17, 15) is 22.7 Å². The molecule has 0 aliphatic rings. The summed E-state index contributed by atoms with van der Waals surface area (Å²) in [5.41, 5.74) is 0.280. The molecule has 2 rings (SSSR count). The number of aliphatic hydroxyl groups is 1. The molecule has 0 unspecified atom stereocenters. The van der Waals surface area contributed by atoms with Gasteiger partial charge in [-0.05, 0) is 23.3 Å². The van der Waals surface area contributed by atoms with Gasteiger partial charge in [0.25, 0.3) is 0 Å². The van der Waals surface area contributed by atoms with Gasteiger partial charge in [-0.2, -0.15) is 0 Å². The summed E-state index contributed by atoms with van der Waals surface area (Å²) in [6.07, 6.45) is -1.21. The van der Waals surface area contributed by atoms with Crippen molar-refractivity contribution in [3.05, 3.63) is 70.8 Å². The molecule has 106 valence electrons. The SMILES string of the molecule is OC(Cc1ccc(F)cc1F)Cc1ccc(F)cc1F. The number of benzene rings is 2. The molecule has 0 heterocycles. The first-order chi connectivity index (χ1) is 9.45. The third-order valence-electron chi connectivity index (χ3n) is 2.94. The van der Waals surface area contributed by atoms with E-state index in [1.165, 1.54) is 12.1 Å². The van der Waals surface area contributed by atoms with Gasteiger partial charge in [-0.3, -0.25) is 0 Å². The van der Waals surface area contributed by atoms with Gasteiger partial charge in [0.15, 0.2) is 0 Å². The summed E-state index contributed by atoms with van der Waals surface area (Å²) in [4.78, 5) is 0. The van der Waals surface area contributed by atoms with Crippen LogP contribution >= 0.6 is 0 Å². The first-order valence-corrected chi connectivity index (χ1v) is 6.01. The van der Waals surface area contributed by atoms with Crippen LogP contribution in [0.5, 0.6) is 0 Å². The fraction of sp³-hybridized carbons (Fsp3) is 0.200. The maximum Gasteiger partial charge on any atom is 0.129 e. The van der Waals surface area contributed by atoms with Gasteiger partial charge in [-0.25, -0.2) is 17.6 Å². The predicted molar refractivity (Wildman–Crippen MR) is 66.1 cm³/mol. The number of aliphatic hydroxyl groups excluding tert-OH is 1. The zero-order chi connectivity index (χ0) is 14.7. The Balaban J connectivity index is 2.07. The first kappa shape index (κ1) is 14.5. The summed E-state index contributed by atoms with van der Waals surface area (Å²) < 4.78 is 52.3. The maximum absolute atomic E-state index is 13.4. The fourth-order valence-corrected chi connectivity index (χ4v) is 1.95. The molecule has 0 bridgehead atoms. The topological polar surface area (TPSA) is 20.2 Å². The second kappa shape index (κ2) is 6.05. The minimum absolute atomic E-state index is 0.0804. The van der Waals surface area contributed by atoms with Crippen molar-refractivity contribution in [3.63, 3.8) is 0 Å². The van der Waals surface area contributed by atoms with E-state index in [2.05, 4.69) is 0 Å². The molecule has 0 spiro atoms. The van der Waals surface area contributed by atoms with Gasteiger partial charge in [0.1, 0.15) is 23.3 Å². The summed E-state index contributed by atoms with van der Waals surface area (Å²) in [6, 6.07) is 6.08. The van der Waals surface area contributed by atoms with E-state index >= 15 is 0 Å². The highest BCUT2D eigenvalue weighted by atomic mass is 19.1. The van der Waals surface area contributed by atoms with E-state index in [0.29, 0.717) is 0 Å². The largest absolute Gasteiger partial charge is 0.392 e. The molecular formula is C15H12F4O. The highest BCUT2D eigenvalue weighted by Crippen LogP contribution is 2.16. The zero-order valence-corrected chi connectivity index (χ0v) is 10.4. The third kappa shape index (κ3) is 3.57. The van der Waals surface area contributed by atoms with E-state index in [1.807, 2.05) is 0 Å². The Morgan fingerprint density at radius 3 is 1.50 bits per heavy atom. The van der Waals surface area contributed by atoms with Gasteiger partial charge in [-0.1, -0.05) is 12.1 Å². The number of rotatable bonds is 4. The monoisotopic (exact) mass is 284 g/mol. The van der Waals surface area contributed by atoms with Gasteiger partial charge < -0.3 is 5.11 Å². The zero-order valence-electron chi connectivity index (χ0n) is 10.4. The molecule has 20 heavy (non-hydrogen) atoms. The highest BCUT2D eigenvalue weighted by molar-refractivity contribution is 5.22. The maximum atomic E-state index is 13.4. The molecule has 1 N–H and O–H groups in total. The van der Waals surface area contributed by atoms with Crippen molar-refractivity contribution in [1.29, 1.82) is 0 Å². The van der Waals surface area contributed by atoms with Crippen LogP contribution < -0.4 is 0 Å². The molecule has 0 saturated carbocycles. The van der Waals surface area contributed by atoms with Crippen molar-refractivity contribution >= 4 is 0 Å². The Morgan fingerprint density at radius 1 is 0.750 bits per heavy atom. The Labute approximate surface area is 113 Å².